The maximum absolute atomic E-state index is 12.5. The van der Waals surface area contributed by atoms with Gasteiger partial charge in [-0.1, -0.05) is 30.9 Å². The zero-order valence-electron chi connectivity index (χ0n) is 11.2. The molecule has 1 fully saturated rings. The molecule has 100 valence electrons. The van der Waals surface area contributed by atoms with Crippen LogP contribution in [0.5, 0.6) is 0 Å². The Kier molecular flexibility index (Phi) is 4.59. The third-order valence-electron chi connectivity index (χ3n) is 3.40. The molecule has 1 unspecified atom stereocenters. The van der Waals surface area contributed by atoms with Gasteiger partial charge in [0.2, 0.25) is 0 Å². The zero-order valence-corrected chi connectivity index (χ0v) is 11.2. The fourth-order valence-corrected chi connectivity index (χ4v) is 2.46. The van der Waals surface area contributed by atoms with Crippen LogP contribution in [-0.2, 0) is 0 Å². The lowest BCUT2D eigenvalue weighted by Gasteiger charge is -2.31. The number of nitrogens with zero attached hydrogens (tertiary/aromatic N) is 1. The first-order valence-corrected chi connectivity index (χ1v) is 6.70. The fraction of sp³-hybridized carbons (Fsp3) is 0.438. The van der Waals surface area contributed by atoms with E-state index in [1.165, 1.54) is 6.42 Å². The Morgan fingerprint density at radius 2 is 2.26 bits per heavy atom. The molecular formula is C16H19NO2. The van der Waals surface area contributed by atoms with Gasteiger partial charge in [-0.05, 0) is 30.9 Å². The number of amides is 1. The Morgan fingerprint density at radius 1 is 1.47 bits per heavy atom. The van der Waals surface area contributed by atoms with Crippen molar-refractivity contribution in [1.82, 2.24) is 4.90 Å². The molecule has 0 radical (unpaired) electrons. The van der Waals surface area contributed by atoms with Gasteiger partial charge >= 0.3 is 0 Å². The van der Waals surface area contributed by atoms with E-state index in [0.29, 0.717) is 17.0 Å². The molecule has 1 aromatic carbocycles. The molecule has 0 saturated carbocycles. The maximum atomic E-state index is 12.5. The highest BCUT2D eigenvalue weighted by atomic mass is 16.2. The van der Waals surface area contributed by atoms with Crippen LogP contribution in [0.3, 0.4) is 0 Å². The smallest absolute Gasteiger partial charge is 0.255 e. The van der Waals surface area contributed by atoms with E-state index in [9.17, 15) is 4.79 Å². The van der Waals surface area contributed by atoms with Gasteiger partial charge in [0.1, 0.15) is 6.61 Å². The molecule has 1 aromatic rings. The van der Waals surface area contributed by atoms with Crippen molar-refractivity contribution in [3.8, 4) is 11.8 Å². The molecule has 0 aromatic heterocycles. The Hall–Kier alpha value is -1.79. The molecule has 3 nitrogen and oxygen atoms in total. The summed E-state index contributed by atoms with van der Waals surface area (Å²) in [6.45, 7) is 3.63. The van der Waals surface area contributed by atoms with Gasteiger partial charge in [0.15, 0.2) is 0 Å². The van der Waals surface area contributed by atoms with E-state index in [1.807, 2.05) is 29.2 Å². The van der Waals surface area contributed by atoms with Gasteiger partial charge < -0.3 is 10.0 Å². The van der Waals surface area contributed by atoms with Gasteiger partial charge in [0, 0.05) is 18.7 Å². The van der Waals surface area contributed by atoms with Gasteiger partial charge in [-0.15, -0.1) is 0 Å². The average Bonchev–Trinajstić information content (AvgIpc) is 2.44. The van der Waals surface area contributed by atoms with Crippen molar-refractivity contribution in [3.63, 3.8) is 0 Å². The summed E-state index contributed by atoms with van der Waals surface area (Å²) >= 11 is 0. The topological polar surface area (TPSA) is 40.5 Å². The molecule has 1 heterocycles. The van der Waals surface area contributed by atoms with Crippen LogP contribution in [0.4, 0.5) is 0 Å². The molecule has 1 aliphatic rings. The number of carbonyl (C=O) groups is 1. The summed E-state index contributed by atoms with van der Waals surface area (Å²) in [6.07, 6.45) is 2.26. The van der Waals surface area contributed by atoms with Gasteiger partial charge in [0.25, 0.3) is 5.91 Å². The third-order valence-corrected chi connectivity index (χ3v) is 3.40. The lowest BCUT2D eigenvalue weighted by atomic mass is 9.98. The summed E-state index contributed by atoms with van der Waals surface area (Å²) in [5.74, 6) is 6.07. The average molecular weight is 257 g/mol. The zero-order chi connectivity index (χ0) is 13.7. The number of hydrogen-bond acceptors (Lipinski definition) is 2. The molecule has 2 rings (SSSR count). The van der Waals surface area contributed by atoms with Crippen LogP contribution in [0.15, 0.2) is 24.3 Å². The quantitative estimate of drug-likeness (QED) is 0.781. The number of piperidine rings is 1. The van der Waals surface area contributed by atoms with Crippen molar-refractivity contribution in [3.05, 3.63) is 35.4 Å². The SMILES string of the molecule is CC1CCCN(C(=O)c2ccccc2C#CCO)C1. The predicted octanol–water partition coefficient (Wildman–Crippen LogP) is 1.90. The van der Waals surface area contributed by atoms with Gasteiger partial charge in [-0.3, -0.25) is 4.79 Å². The minimum absolute atomic E-state index is 0.0504. The summed E-state index contributed by atoms with van der Waals surface area (Å²) in [5.41, 5.74) is 1.33. The normalized spacial score (nSPS) is 18.6. The van der Waals surface area contributed by atoms with Crippen molar-refractivity contribution < 1.29 is 9.90 Å². The first kappa shape index (κ1) is 13.6. The monoisotopic (exact) mass is 257 g/mol. The van der Waals surface area contributed by atoms with E-state index < -0.39 is 0 Å². The Bertz CT molecular complexity index is 513. The minimum Gasteiger partial charge on any atom is -0.384 e. The summed E-state index contributed by atoms with van der Waals surface area (Å²) in [4.78, 5) is 14.4. The molecule has 0 bridgehead atoms. The summed E-state index contributed by atoms with van der Waals surface area (Å²) in [7, 11) is 0. The Balaban J connectivity index is 2.23. The Labute approximate surface area is 114 Å². The second-order valence-electron chi connectivity index (χ2n) is 5.00. The minimum atomic E-state index is -0.191. The highest BCUT2D eigenvalue weighted by Gasteiger charge is 2.23. The van der Waals surface area contributed by atoms with Gasteiger partial charge in [-0.2, -0.15) is 0 Å². The number of benzene rings is 1. The van der Waals surface area contributed by atoms with Gasteiger partial charge in [-0.25, -0.2) is 0 Å². The molecule has 1 amide bonds. The molecule has 1 aliphatic heterocycles. The van der Waals surface area contributed by atoms with Crippen LogP contribution in [0.25, 0.3) is 0 Å². The molecule has 3 heteroatoms. The lowest BCUT2D eigenvalue weighted by Crippen LogP contribution is -2.39. The summed E-state index contributed by atoms with van der Waals surface area (Å²) in [6, 6.07) is 7.34. The van der Waals surface area contributed by atoms with Crippen LogP contribution in [-0.4, -0.2) is 35.6 Å². The Morgan fingerprint density at radius 3 is 3.00 bits per heavy atom. The first-order valence-electron chi connectivity index (χ1n) is 6.70. The van der Waals surface area contributed by atoms with Crippen LogP contribution < -0.4 is 0 Å². The standard InChI is InChI=1S/C16H19NO2/c1-13-6-4-10-17(12-13)16(19)15-9-3-2-7-14(15)8-5-11-18/h2-3,7,9,13,18H,4,6,10-12H2,1H3. The number of likely N-dealkylation sites (tertiary alicyclic amines) is 1. The van der Waals surface area contributed by atoms with Crippen LogP contribution in [0.1, 0.15) is 35.7 Å². The molecule has 0 aliphatic carbocycles. The van der Waals surface area contributed by atoms with Crippen molar-refractivity contribution >= 4 is 5.91 Å². The van der Waals surface area contributed by atoms with Crippen LogP contribution in [0, 0.1) is 17.8 Å². The largest absolute Gasteiger partial charge is 0.384 e. The number of aliphatic hydroxyl groups is 1. The van der Waals surface area contributed by atoms with Crippen LogP contribution in [0.2, 0.25) is 0 Å². The van der Waals surface area contributed by atoms with Gasteiger partial charge in [0.05, 0.1) is 5.56 Å². The molecule has 1 atom stereocenters. The highest BCUT2D eigenvalue weighted by Crippen LogP contribution is 2.19. The van der Waals surface area contributed by atoms with E-state index in [-0.39, 0.29) is 12.5 Å². The number of hydrogen-bond donors (Lipinski definition) is 1. The fourth-order valence-electron chi connectivity index (χ4n) is 2.46. The van der Waals surface area contributed by atoms with Crippen molar-refractivity contribution in [1.29, 1.82) is 0 Å². The number of aliphatic hydroxyl groups excluding tert-OH is 1. The maximum Gasteiger partial charge on any atom is 0.255 e. The second-order valence-corrected chi connectivity index (χ2v) is 5.00. The number of rotatable bonds is 1. The predicted molar refractivity (Wildman–Crippen MR) is 74.7 cm³/mol. The lowest BCUT2D eigenvalue weighted by molar-refractivity contribution is 0.0683. The van der Waals surface area contributed by atoms with E-state index in [0.717, 1.165) is 19.5 Å². The molecule has 19 heavy (non-hydrogen) atoms. The summed E-state index contributed by atoms with van der Waals surface area (Å²) in [5, 5.41) is 8.77. The molecule has 1 N–H and O–H groups in total. The number of carbonyl (C=O) groups excluding carboxylic acids is 1. The second kappa shape index (κ2) is 6.40. The van der Waals surface area contributed by atoms with E-state index >= 15 is 0 Å². The van der Waals surface area contributed by atoms with E-state index in [2.05, 4.69) is 18.8 Å². The molecular weight excluding hydrogens is 238 g/mol. The highest BCUT2D eigenvalue weighted by molar-refractivity contribution is 5.96. The summed E-state index contributed by atoms with van der Waals surface area (Å²) < 4.78 is 0. The molecule has 0 spiro atoms. The first-order chi connectivity index (χ1) is 9.22. The van der Waals surface area contributed by atoms with Crippen molar-refractivity contribution in [2.45, 2.75) is 19.8 Å². The van der Waals surface area contributed by atoms with E-state index in [4.69, 9.17) is 5.11 Å². The van der Waals surface area contributed by atoms with Crippen molar-refractivity contribution in [2.75, 3.05) is 19.7 Å². The van der Waals surface area contributed by atoms with Crippen molar-refractivity contribution in [2.24, 2.45) is 5.92 Å². The third kappa shape index (κ3) is 3.36. The molecule has 1 saturated heterocycles. The van der Waals surface area contributed by atoms with E-state index in [1.54, 1.807) is 0 Å². The van der Waals surface area contributed by atoms with Crippen LogP contribution >= 0.6 is 0 Å².